The molecule has 10 heteroatoms. The van der Waals surface area contributed by atoms with Crippen molar-refractivity contribution >= 4 is 31.4 Å². The van der Waals surface area contributed by atoms with Crippen LogP contribution in [0, 0.1) is 5.82 Å². The minimum Gasteiger partial charge on any atom is -0.284 e. The Bertz CT molecular complexity index is 1100. The van der Waals surface area contributed by atoms with E-state index in [-0.39, 0.29) is 6.42 Å². The molecule has 1 N–H and O–H groups in total. The molecule has 3 rings (SSSR count). The summed E-state index contributed by atoms with van der Waals surface area (Å²) in [6, 6.07) is 11.5. The lowest BCUT2D eigenvalue weighted by atomic mass is 9.99. The van der Waals surface area contributed by atoms with Gasteiger partial charge in [-0.25, -0.2) is 21.2 Å². The number of nitrogens with one attached hydrogen (secondary N) is 1. The Kier molecular flexibility index (Phi) is 4.96. The normalized spacial score (nSPS) is 17.7. The van der Waals surface area contributed by atoms with Crippen molar-refractivity contribution in [2.45, 2.75) is 12.5 Å². The van der Waals surface area contributed by atoms with E-state index in [2.05, 4.69) is 9.82 Å². The van der Waals surface area contributed by atoms with E-state index in [1.54, 1.807) is 24.3 Å². The molecule has 7 nitrogen and oxygen atoms in total. The van der Waals surface area contributed by atoms with Gasteiger partial charge < -0.3 is 0 Å². The first-order valence-electron chi connectivity index (χ1n) is 7.93. The molecule has 2 aromatic rings. The molecule has 0 amide bonds. The van der Waals surface area contributed by atoms with Crippen molar-refractivity contribution in [3.05, 3.63) is 65.5 Å². The fraction of sp³-hybridized carbons (Fsp3) is 0.235. The van der Waals surface area contributed by atoms with Crippen molar-refractivity contribution in [1.82, 2.24) is 4.41 Å². The lowest BCUT2D eigenvalue weighted by Gasteiger charge is -2.21. The van der Waals surface area contributed by atoms with E-state index >= 15 is 0 Å². The fourth-order valence-corrected chi connectivity index (χ4v) is 4.34. The van der Waals surface area contributed by atoms with Crippen molar-refractivity contribution in [2.24, 2.45) is 5.10 Å². The van der Waals surface area contributed by atoms with Crippen molar-refractivity contribution in [3.8, 4) is 0 Å². The molecule has 0 aliphatic carbocycles. The molecule has 0 spiro atoms. The minimum atomic E-state index is -3.65. The topological polar surface area (TPSA) is 95.9 Å². The average molecular weight is 411 g/mol. The molecule has 0 saturated carbocycles. The van der Waals surface area contributed by atoms with E-state index in [0.29, 0.717) is 22.5 Å². The number of nitrogens with zero attached hydrogens (tertiary/aromatic N) is 2. The summed E-state index contributed by atoms with van der Waals surface area (Å²) in [6.45, 7) is 0. The number of hydrogen-bond acceptors (Lipinski definition) is 5. The fourth-order valence-electron chi connectivity index (χ4n) is 2.88. The van der Waals surface area contributed by atoms with Crippen LogP contribution in [0.3, 0.4) is 0 Å². The first kappa shape index (κ1) is 19.3. The predicted molar refractivity (Wildman–Crippen MR) is 102 cm³/mol. The van der Waals surface area contributed by atoms with Crippen molar-refractivity contribution in [1.29, 1.82) is 0 Å². The molecule has 1 aliphatic rings. The van der Waals surface area contributed by atoms with E-state index in [4.69, 9.17) is 0 Å². The van der Waals surface area contributed by atoms with Gasteiger partial charge in [0.2, 0.25) is 20.0 Å². The lowest BCUT2D eigenvalue weighted by Crippen LogP contribution is -2.25. The van der Waals surface area contributed by atoms with Crippen molar-refractivity contribution in [2.75, 3.05) is 17.2 Å². The van der Waals surface area contributed by atoms with Gasteiger partial charge in [-0.1, -0.05) is 24.3 Å². The lowest BCUT2D eigenvalue weighted by molar-refractivity contribution is 0.374. The molecule has 1 heterocycles. The number of hydrazone groups is 1. The maximum absolute atomic E-state index is 13.2. The zero-order valence-corrected chi connectivity index (χ0v) is 16.3. The third kappa shape index (κ3) is 4.64. The molecule has 2 aromatic carbocycles. The second-order valence-electron chi connectivity index (χ2n) is 6.31. The molecule has 0 radical (unpaired) electrons. The second kappa shape index (κ2) is 6.93. The van der Waals surface area contributed by atoms with Crippen LogP contribution < -0.4 is 4.72 Å². The number of anilines is 1. The van der Waals surface area contributed by atoms with Crippen LogP contribution in [0.25, 0.3) is 0 Å². The maximum atomic E-state index is 13.2. The van der Waals surface area contributed by atoms with Crippen LogP contribution in [0.4, 0.5) is 10.1 Å². The molecule has 0 bridgehead atoms. The van der Waals surface area contributed by atoms with Gasteiger partial charge in [-0.2, -0.15) is 9.52 Å². The summed E-state index contributed by atoms with van der Waals surface area (Å²) in [5.41, 5.74) is 2.06. The molecule has 1 atom stereocenters. The smallest absolute Gasteiger partial charge is 0.247 e. The molecular formula is C17H18FN3O4S2. The quantitative estimate of drug-likeness (QED) is 0.817. The maximum Gasteiger partial charge on any atom is 0.247 e. The van der Waals surface area contributed by atoms with Gasteiger partial charge in [-0.05, 0) is 35.4 Å². The Morgan fingerprint density at radius 3 is 2.33 bits per heavy atom. The van der Waals surface area contributed by atoms with Crippen LogP contribution in [0.2, 0.25) is 0 Å². The van der Waals surface area contributed by atoms with E-state index in [9.17, 15) is 21.2 Å². The largest absolute Gasteiger partial charge is 0.284 e. The van der Waals surface area contributed by atoms with Gasteiger partial charge in [-0.15, -0.1) is 0 Å². The van der Waals surface area contributed by atoms with Crippen molar-refractivity contribution < 1.29 is 21.2 Å². The summed E-state index contributed by atoms with van der Waals surface area (Å²) in [5, 5.41) is 4.24. The Labute approximate surface area is 157 Å². The van der Waals surface area contributed by atoms with Crippen LogP contribution in [-0.2, 0) is 20.0 Å². The molecule has 1 aliphatic heterocycles. The van der Waals surface area contributed by atoms with E-state index in [1.807, 2.05) is 0 Å². The van der Waals surface area contributed by atoms with Gasteiger partial charge in [0.1, 0.15) is 5.82 Å². The number of benzene rings is 2. The summed E-state index contributed by atoms with van der Waals surface area (Å²) in [4.78, 5) is 0. The Morgan fingerprint density at radius 1 is 1.07 bits per heavy atom. The molecular weight excluding hydrogens is 393 g/mol. The van der Waals surface area contributed by atoms with Crippen LogP contribution in [0.5, 0.6) is 0 Å². The summed E-state index contributed by atoms with van der Waals surface area (Å²) < 4.78 is 63.8. The third-order valence-electron chi connectivity index (χ3n) is 3.97. The first-order chi connectivity index (χ1) is 12.5. The Hall–Kier alpha value is -2.46. The highest BCUT2D eigenvalue weighted by Crippen LogP contribution is 2.35. The molecule has 144 valence electrons. The third-order valence-corrected chi connectivity index (χ3v) is 5.59. The van der Waals surface area contributed by atoms with Gasteiger partial charge in [0.15, 0.2) is 0 Å². The molecule has 27 heavy (non-hydrogen) atoms. The van der Waals surface area contributed by atoms with Gasteiger partial charge in [-0.3, -0.25) is 4.72 Å². The van der Waals surface area contributed by atoms with Crippen molar-refractivity contribution in [3.63, 3.8) is 0 Å². The highest BCUT2D eigenvalue weighted by molar-refractivity contribution is 7.92. The Morgan fingerprint density at radius 2 is 1.74 bits per heavy atom. The van der Waals surface area contributed by atoms with Gasteiger partial charge in [0.05, 0.1) is 24.3 Å². The highest BCUT2D eigenvalue weighted by atomic mass is 32.2. The highest BCUT2D eigenvalue weighted by Gasteiger charge is 2.34. The van der Waals surface area contributed by atoms with Gasteiger partial charge in [0.25, 0.3) is 0 Å². The standard InChI is InChI=1S/C17H18FN3O4S2/c1-26(22,23)20-15-5-3-4-13(10-15)16-11-17(21(19-16)27(2,24)25)12-6-8-14(18)9-7-12/h3-10,17,20H,11H2,1-2H3/t17-/m1/s1. The van der Waals surface area contributed by atoms with Crippen LogP contribution >= 0.6 is 0 Å². The number of rotatable bonds is 5. The summed E-state index contributed by atoms with van der Waals surface area (Å²) in [7, 11) is -7.09. The summed E-state index contributed by atoms with van der Waals surface area (Å²) in [5.74, 6) is -0.414. The number of hydrogen-bond donors (Lipinski definition) is 1. The first-order valence-corrected chi connectivity index (χ1v) is 11.7. The average Bonchev–Trinajstić information content (AvgIpc) is 3.00. The van der Waals surface area contributed by atoms with Crippen LogP contribution in [-0.4, -0.2) is 39.5 Å². The molecule has 0 fully saturated rings. The zero-order valence-electron chi connectivity index (χ0n) is 14.6. The minimum absolute atomic E-state index is 0.279. The molecule has 0 aromatic heterocycles. The SMILES string of the molecule is CS(=O)(=O)Nc1cccc(C2=NN(S(C)(=O)=O)[C@@H](c3ccc(F)cc3)C2)c1. The van der Waals surface area contributed by atoms with E-state index in [0.717, 1.165) is 16.9 Å². The molecule has 0 unspecified atom stereocenters. The summed E-state index contributed by atoms with van der Waals surface area (Å²) in [6.07, 6.45) is 2.38. The van der Waals surface area contributed by atoms with Crippen LogP contribution in [0.1, 0.15) is 23.6 Å². The van der Waals surface area contributed by atoms with Gasteiger partial charge in [0, 0.05) is 12.1 Å². The summed E-state index contributed by atoms with van der Waals surface area (Å²) >= 11 is 0. The number of halogens is 1. The van der Waals surface area contributed by atoms with Crippen LogP contribution in [0.15, 0.2) is 53.6 Å². The second-order valence-corrected chi connectivity index (χ2v) is 9.90. The van der Waals surface area contributed by atoms with Gasteiger partial charge >= 0.3 is 0 Å². The van der Waals surface area contributed by atoms with E-state index in [1.165, 1.54) is 24.3 Å². The predicted octanol–water partition coefficient (Wildman–Crippen LogP) is 2.31. The monoisotopic (exact) mass is 411 g/mol. The zero-order chi connectivity index (χ0) is 19.8. The number of sulfonamides is 2. The van der Waals surface area contributed by atoms with E-state index < -0.39 is 31.9 Å². The Balaban J connectivity index is 1.97. The molecule has 0 saturated heterocycles.